The maximum absolute atomic E-state index is 13.8. The molecule has 0 aliphatic rings. The van der Waals surface area contributed by atoms with Crippen LogP contribution < -0.4 is 5.32 Å². The van der Waals surface area contributed by atoms with Gasteiger partial charge in [0.25, 0.3) is 0 Å². The Hall–Kier alpha value is -2.69. The summed E-state index contributed by atoms with van der Waals surface area (Å²) < 4.78 is 26.8. The standard InChI is InChI=1S/C19H20F2N2O/c1-3-11-23(13-15-7-5-4-6-8-15)19(24)22-14(2)17-10-9-16(20)12-18(17)21/h3-10,12,14H,1,11,13H2,2H3,(H,22,24). The lowest BCUT2D eigenvalue weighted by Gasteiger charge is -2.24. The SMILES string of the molecule is C=CCN(Cc1ccccc1)C(=O)NC(C)c1ccc(F)cc1F. The van der Waals surface area contributed by atoms with Gasteiger partial charge in [-0.25, -0.2) is 13.6 Å². The minimum Gasteiger partial charge on any atom is -0.331 e. The fraction of sp³-hybridized carbons (Fsp3) is 0.211. The Kier molecular flexibility index (Phi) is 6.07. The Bertz CT molecular complexity index is 704. The molecular weight excluding hydrogens is 310 g/mol. The van der Waals surface area contributed by atoms with Crippen LogP contribution in [0, 0.1) is 11.6 Å². The van der Waals surface area contributed by atoms with Crippen LogP contribution in [0.5, 0.6) is 0 Å². The highest BCUT2D eigenvalue weighted by molar-refractivity contribution is 5.75. The van der Waals surface area contributed by atoms with E-state index in [4.69, 9.17) is 0 Å². The molecule has 0 fully saturated rings. The number of hydrogen-bond donors (Lipinski definition) is 1. The number of rotatable bonds is 6. The Morgan fingerprint density at radius 2 is 1.96 bits per heavy atom. The molecule has 2 aromatic rings. The van der Waals surface area contributed by atoms with E-state index in [0.29, 0.717) is 13.1 Å². The van der Waals surface area contributed by atoms with E-state index in [2.05, 4.69) is 11.9 Å². The smallest absolute Gasteiger partial charge is 0.318 e. The lowest BCUT2D eigenvalue weighted by molar-refractivity contribution is 0.197. The van der Waals surface area contributed by atoms with Crippen molar-refractivity contribution in [2.24, 2.45) is 0 Å². The van der Waals surface area contributed by atoms with Crippen LogP contribution in [0.3, 0.4) is 0 Å². The van der Waals surface area contributed by atoms with E-state index in [-0.39, 0.29) is 11.6 Å². The van der Waals surface area contributed by atoms with Crippen molar-refractivity contribution >= 4 is 6.03 Å². The molecular formula is C19H20F2N2O. The molecule has 0 spiro atoms. The number of urea groups is 1. The van der Waals surface area contributed by atoms with Gasteiger partial charge >= 0.3 is 6.03 Å². The van der Waals surface area contributed by atoms with Gasteiger partial charge in [0.2, 0.25) is 0 Å². The number of benzene rings is 2. The highest BCUT2D eigenvalue weighted by atomic mass is 19.1. The predicted octanol–water partition coefficient (Wildman–Crippen LogP) is 4.42. The molecule has 0 saturated carbocycles. The molecule has 0 aliphatic carbocycles. The van der Waals surface area contributed by atoms with Gasteiger partial charge in [-0.3, -0.25) is 0 Å². The fourth-order valence-corrected chi connectivity index (χ4v) is 2.39. The summed E-state index contributed by atoms with van der Waals surface area (Å²) in [6.45, 7) is 6.09. The van der Waals surface area contributed by atoms with Crippen LogP contribution in [0.25, 0.3) is 0 Å². The first-order valence-corrected chi connectivity index (χ1v) is 7.66. The van der Waals surface area contributed by atoms with Crippen LogP contribution >= 0.6 is 0 Å². The highest BCUT2D eigenvalue weighted by Crippen LogP contribution is 2.18. The van der Waals surface area contributed by atoms with Gasteiger partial charge in [0.1, 0.15) is 11.6 Å². The Labute approximate surface area is 140 Å². The monoisotopic (exact) mass is 330 g/mol. The second-order valence-corrected chi connectivity index (χ2v) is 5.49. The molecule has 1 atom stereocenters. The number of hydrogen-bond acceptors (Lipinski definition) is 1. The summed E-state index contributed by atoms with van der Waals surface area (Å²) in [7, 11) is 0. The molecule has 2 aromatic carbocycles. The van der Waals surface area contributed by atoms with Crippen LogP contribution in [0.2, 0.25) is 0 Å². The van der Waals surface area contributed by atoms with E-state index in [1.807, 2.05) is 30.3 Å². The molecule has 0 aliphatic heterocycles. The Morgan fingerprint density at radius 1 is 1.25 bits per heavy atom. The van der Waals surface area contributed by atoms with Crippen LogP contribution in [-0.2, 0) is 6.54 Å². The van der Waals surface area contributed by atoms with E-state index in [9.17, 15) is 13.6 Å². The summed E-state index contributed by atoms with van der Waals surface area (Å²) in [5.41, 5.74) is 1.22. The van der Waals surface area contributed by atoms with Crippen LogP contribution in [0.1, 0.15) is 24.1 Å². The first kappa shape index (κ1) is 17.7. The lowest BCUT2D eigenvalue weighted by atomic mass is 10.1. The summed E-state index contributed by atoms with van der Waals surface area (Å²) in [6.07, 6.45) is 1.63. The minimum absolute atomic E-state index is 0.239. The van der Waals surface area contributed by atoms with Crippen LogP contribution in [-0.4, -0.2) is 17.5 Å². The van der Waals surface area contributed by atoms with Gasteiger partial charge in [-0.1, -0.05) is 42.5 Å². The van der Waals surface area contributed by atoms with Crippen molar-refractivity contribution < 1.29 is 13.6 Å². The largest absolute Gasteiger partial charge is 0.331 e. The minimum atomic E-state index is -0.680. The van der Waals surface area contributed by atoms with Crippen molar-refractivity contribution in [3.05, 3.63) is 83.9 Å². The first-order valence-electron chi connectivity index (χ1n) is 7.66. The second kappa shape index (κ2) is 8.24. The van der Waals surface area contributed by atoms with Gasteiger partial charge in [-0.05, 0) is 18.6 Å². The van der Waals surface area contributed by atoms with E-state index in [1.54, 1.807) is 17.9 Å². The van der Waals surface area contributed by atoms with E-state index in [0.717, 1.165) is 11.6 Å². The Morgan fingerprint density at radius 3 is 2.58 bits per heavy atom. The van der Waals surface area contributed by atoms with Crippen molar-refractivity contribution in [1.82, 2.24) is 10.2 Å². The van der Waals surface area contributed by atoms with E-state index < -0.39 is 17.7 Å². The van der Waals surface area contributed by atoms with Gasteiger partial charge in [0, 0.05) is 24.7 Å². The maximum atomic E-state index is 13.8. The summed E-state index contributed by atoms with van der Waals surface area (Å²) in [5, 5.41) is 2.74. The van der Waals surface area contributed by atoms with Crippen molar-refractivity contribution in [3.8, 4) is 0 Å². The summed E-state index contributed by atoms with van der Waals surface area (Å²) >= 11 is 0. The molecule has 0 heterocycles. The second-order valence-electron chi connectivity index (χ2n) is 5.49. The third-order valence-corrected chi connectivity index (χ3v) is 3.62. The first-order chi connectivity index (χ1) is 11.5. The normalized spacial score (nSPS) is 11.6. The number of nitrogens with one attached hydrogen (secondary N) is 1. The van der Waals surface area contributed by atoms with Crippen molar-refractivity contribution in [3.63, 3.8) is 0 Å². The predicted molar refractivity (Wildman–Crippen MR) is 90.4 cm³/mol. The van der Waals surface area contributed by atoms with Crippen molar-refractivity contribution in [2.45, 2.75) is 19.5 Å². The molecule has 126 valence electrons. The molecule has 2 rings (SSSR count). The molecule has 0 aromatic heterocycles. The fourth-order valence-electron chi connectivity index (χ4n) is 2.39. The summed E-state index contributed by atoms with van der Waals surface area (Å²) in [5.74, 6) is -1.33. The lowest BCUT2D eigenvalue weighted by Crippen LogP contribution is -2.40. The maximum Gasteiger partial charge on any atom is 0.318 e. The van der Waals surface area contributed by atoms with Gasteiger partial charge in [0.05, 0.1) is 6.04 Å². The topological polar surface area (TPSA) is 32.3 Å². The third-order valence-electron chi connectivity index (χ3n) is 3.62. The Balaban J connectivity index is 2.07. The zero-order valence-corrected chi connectivity index (χ0v) is 13.5. The average molecular weight is 330 g/mol. The van der Waals surface area contributed by atoms with Gasteiger partial charge in [0.15, 0.2) is 0 Å². The quantitative estimate of drug-likeness (QED) is 0.781. The molecule has 2 amide bonds. The molecule has 1 N–H and O–H groups in total. The van der Waals surface area contributed by atoms with Gasteiger partial charge in [-0.15, -0.1) is 6.58 Å². The molecule has 5 heteroatoms. The number of nitrogens with zero attached hydrogens (tertiary/aromatic N) is 1. The van der Waals surface area contributed by atoms with Gasteiger partial charge in [-0.2, -0.15) is 0 Å². The van der Waals surface area contributed by atoms with Crippen LogP contribution in [0.4, 0.5) is 13.6 Å². The highest BCUT2D eigenvalue weighted by Gasteiger charge is 2.18. The number of halogens is 2. The molecule has 0 bridgehead atoms. The molecule has 3 nitrogen and oxygen atoms in total. The summed E-state index contributed by atoms with van der Waals surface area (Å²) in [4.78, 5) is 14.0. The van der Waals surface area contributed by atoms with Crippen LogP contribution in [0.15, 0.2) is 61.2 Å². The molecule has 0 saturated heterocycles. The summed E-state index contributed by atoms with van der Waals surface area (Å²) in [6, 6.07) is 11.9. The van der Waals surface area contributed by atoms with E-state index >= 15 is 0 Å². The number of amides is 2. The average Bonchev–Trinajstić information content (AvgIpc) is 2.55. The molecule has 0 radical (unpaired) electrons. The zero-order valence-electron chi connectivity index (χ0n) is 13.5. The van der Waals surface area contributed by atoms with Crippen molar-refractivity contribution in [1.29, 1.82) is 0 Å². The van der Waals surface area contributed by atoms with E-state index in [1.165, 1.54) is 12.1 Å². The molecule has 24 heavy (non-hydrogen) atoms. The zero-order chi connectivity index (χ0) is 17.5. The number of carbonyl (C=O) groups excluding carboxylic acids is 1. The van der Waals surface area contributed by atoms with Gasteiger partial charge < -0.3 is 10.2 Å². The molecule has 1 unspecified atom stereocenters. The van der Waals surface area contributed by atoms with Crippen molar-refractivity contribution in [2.75, 3.05) is 6.54 Å². The number of carbonyl (C=O) groups is 1. The third kappa shape index (κ3) is 4.65.